The number of esters is 1. The molecule has 0 radical (unpaired) electrons. The zero-order chi connectivity index (χ0) is 29.1. The van der Waals surface area contributed by atoms with Crippen LogP contribution in [0.4, 0.5) is 10.3 Å². The van der Waals surface area contributed by atoms with Crippen molar-refractivity contribution in [3.63, 3.8) is 0 Å². The molecule has 1 aliphatic rings. The molecule has 0 amide bonds. The zero-order valence-electron chi connectivity index (χ0n) is 24.0. The Hall–Kier alpha value is -3.14. The largest absolute Gasteiger partial charge is 0.460 e. The Bertz CT molecular complexity index is 1480. The molecule has 40 heavy (non-hydrogen) atoms. The molecular weight excluding hydrogens is 531 g/mol. The van der Waals surface area contributed by atoms with Gasteiger partial charge in [-0.25, -0.2) is 27.8 Å². The lowest BCUT2D eigenvalue weighted by atomic mass is 9.84. The molecule has 0 unspecified atom stereocenters. The van der Waals surface area contributed by atoms with Gasteiger partial charge in [-0.2, -0.15) is 0 Å². The van der Waals surface area contributed by atoms with E-state index in [4.69, 9.17) is 9.72 Å². The van der Waals surface area contributed by atoms with Crippen LogP contribution in [0.15, 0.2) is 30.5 Å². The molecule has 1 N–H and O–H groups in total. The molecule has 4 rings (SSSR count). The number of ether oxygens (including phenoxy) is 1. The minimum absolute atomic E-state index is 0.0336. The van der Waals surface area contributed by atoms with Crippen molar-refractivity contribution in [2.45, 2.75) is 90.5 Å². The van der Waals surface area contributed by atoms with Gasteiger partial charge < -0.3 is 10.1 Å². The first kappa shape index (κ1) is 29.8. The number of carbonyl (C=O) groups excluding carboxylic acids is 1. The first-order valence-corrected chi connectivity index (χ1v) is 15.8. The smallest absolute Gasteiger partial charge is 0.306 e. The second-order valence-corrected chi connectivity index (χ2v) is 14.0. The number of rotatable bonds is 9. The third kappa shape index (κ3) is 7.96. The third-order valence-corrected chi connectivity index (χ3v) is 8.81. The number of hydrogen-bond donors (Lipinski definition) is 1. The van der Waals surface area contributed by atoms with Crippen molar-refractivity contribution in [3.05, 3.63) is 47.4 Å². The van der Waals surface area contributed by atoms with E-state index in [0.29, 0.717) is 47.0 Å². The molecule has 216 valence electrons. The van der Waals surface area contributed by atoms with Gasteiger partial charge in [-0.1, -0.05) is 19.1 Å². The molecule has 2 heterocycles. The number of benzene rings is 1. The number of nitrogens with zero attached hydrogens (tertiary/aromatic N) is 3. The summed E-state index contributed by atoms with van der Waals surface area (Å²) in [6, 6.07) is 6.63. The van der Waals surface area contributed by atoms with Crippen molar-refractivity contribution >= 4 is 32.8 Å². The monoisotopic (exact) mass is 570 g/mol. The first-order valence-electron chi connectivity index (χ1n) is 13.9. The lowest BCUT2D eigenvalue weighted by Crippen LogP contribution is -2.30. The zero-order valence-corrected chi connectivity index (χ0v) is 24.8. The molecule has 2 aromatic heterocycles. The Balaban J connectivity index is 1.41. The molecule has 0 spiro atoms. The van der Waals surface area contributed by atoms with Gasteiger partial charge >= 0.3 is 5.97 Å². The van der Waals surface area contributed by atoms with Crippen molar-refractivity contribution in [1.82, 2.24) is 15.0 Å². The highest BCUT2D eigenvalue weighted by atomic mass is 32.2. The topological polar surface area (TPSA) is 111 Å². The van der Waals surface area contributed by atoms with E-state index in [1.807, 2.05) is 33.8 Å². The van der Waals surface area contributed by atoms with Crippen molar-refractivity contribution in [1.29, 1.82) is 0 Å². The molecule has 0 aliphatic heterocycles. The second kappa shape index (κ2) is 12.2. The van der Waals surface area contributed by atoms with E-state index in [1.165, 1.54) is 12.1 Å². The van der Waals surface area contributed by atoms with Gasteiger partial charge in [0, 0.05) is 23.6 Å². The SMILES string of the molecule is CCCS(=O)(=O)Cc1ccc(-c2cc(C)c3nc(NC4CCC(CC(=O)OC(C)(C)C)CC4)ncc3n2)cc1F. The molecule has 0 saturated heterocycles. The van der Waals surface area contributed by atoms with Crippen molar-refractivity contribution < 1.29 is 22.3 Å². The summed E-state index contributed by atoms with van der Waals surface area (Å²) in [6.45, 7) is 9.37. The van der Waals surface area contributed by atoms with Crippen LogP contribution in [0.5, 0.6) is 0 Å². The van der Waals surface area contributed by atoms with Crippen molar-refractivity contribution in [2.75, 3.05) is 11.1 Å². The maximum atomic E-state index is 14.8. The highest BCUT2D eigenvalue weighted by molar-refractivity contribution is 7.90. The van der Waals surface area contributed by atoms with E-state index in [-0.39, 0.29) is 29.1 Å². The molecular formula is C30H39FN4O4S. The fraction of sp³-hybridized carbons (Fsp3) is 0.533. The lowest BCUT2D eigenvalue weighted by molar-refractivity contribution is -0.156. The van der Waals surface area contributed by atoms with Gasteiger partial charge in [0.25, 0.3) is 0 Å². The summed E-state index contributed by atoms with van der Waals surface area (Å²) in [7, 11) is -3.35. The molecule has 10 heteroatoms. The third-order valence-electron chi connectivity index (χ3n) is 7.03. The maximum absolute atomic E-state index is 14.8. The Kier molecular flexibility index (Phi) is 9.07. The normalized spacial score (nSPS) is 18.1. The minimum Gasteiger partial charge on any atom is -0.460 e. The van der Waals surface area contributed by atoms with E-state index in [0.717, 1.165) is 31.2 Å². The van der Waals surface area contributed by atoms with Gasteiger partial charge in [-0.05, 0) is 83.4 Å². The number of hydrogen-bond acceptors (Lipinski definition) is 8. The van der Waals surface area contributed by atoms with Gasteiger partial charge in [0.15, 0.2) is 9.84 Å². The Labute approximate surface area is 236 Å². The average Bonchev–Trinajstić information content (AvgIpc) is 2.85. The number of aryl methyl sites for hydroxylation is 1. The van der Waals surface area contributed by atoms with Crippen LogP contribution in [-0.4, -0.2) is 46.7 Å². The summed E-state index contributed by atoms with van der Waals surface area (Å²) in [5, 5.41) is 3.43. The van der Waals surface area contributed by atoms with Crippen LogP contribution in [0, 0.1) is 18.7 Å². The summed E-state index contributed by atoms with van der Waals surface area (Å²) >= 11 is 0. The molecule has 1 aliphatic carbocycles. The van der Waals surface area contributed by atoms with Crippen LogP contribution in [0.2, 0.25) is 0 Å². The van der Waals surface area contributed by atoms with E-state index < -0.39 is 21.3 Å². The number of nitrogens with one attached hydrogen (secondary N) is 1. The van der Waals surface area contributed by atoms with Crippen LogP contribution in [0.3, 0.4) is 0 Å². The number of carbonyl (C=O) groups is 1. The minimum atomic E-state index is -3.35. The number of sulfone groups is 1. The van der Waals surface area contributed by atoms with Crippen LogP contribution >= 0.6 is 0 Å². The van der Waals surface area contributed by atoms with Crippen LogP contribution in [-0.2, 0) is 25.1 Å². The summed E-state index contributed by atoms with van der Waals surface area (Å²) < 4.78 is 44.5. The number of aromatic nitrogens is 3. The molecule has 3 aromatic rings. The molecule has 8 nitrogen and oxygen atoms in total. The van der Waals surface area contributed by atoms with E-state index in [9.17, 15) is 17.6 Å². The standard InChI is InChI=1S/C30H39FN4O4S/c1-6-13-40(37,38)18-22-10-9-21(16-24(22)31)25-14-19(2)28-26(34-25)17-32-29(35-28)33-23-11-7-20(8-12-23)15-27(36)39-30(3,4)5/h9-10,14,16-17,20,23H,6-8,11-13,15,18H2,1-5H3,(H,32,33,35). The molecule has 1 saturated carbocycles. The summed E-state index contributed by atoms with van der Waals surface area (Å²) in [6.07, 6.45) is 6.34. The fourth-order valence-corrected chi connectivity index (χ4v) is 6.63. The summed E-state index contributed by atoms with van der Waals surface area (Å²) in [4.78, 5) is 26.0. The lowest BCUT2D eigenvalue weighted by Gasteiger charge is -2.29. The van der Waals surface area contributed by atoms with Crippen LogP contribution in [0.25, 0.3) is 22.3 Å². The van der Waals surface area contributed by atoms with Gasteiger partial charge in [0.2, 0.25) is 5.95 Å². The highest BCUT2D eigenvalue weighted by Gasteiger charge is 2.26. The maximum Gasteiger partial charge on any atom is 0.306 e. The Morgan fingerprint density at radius 3 is 2.50 bits per heavy atom. The van der Waals surface area contributed by atoms with Crippen LogP contribution in [0.1, 0.15) is 77.3 Å². The summed E-state index contributed by atoms with van der Waals surface area (Å²) in [5.74, 6) is -0.117. The van der Waals surface area contributed by atoms with E-state index >= 15 is 0 Å². The highest BCUT2D eigenvalue weighted by Crippen LogP contribution is 2.30. The number of pyridine rings is 1. The Morgan fingerprint density at radius 1 is 1.12 bits per heavy atom. The molecule has 1 fully saturated rings. The molecule has 1 aromatic carbocycles. The number of fused-ring (bicyclic) bond motifs is 1. The predicted molar refractivity (Wildman–Crippen MR) is 155 cm³/mol. The van der Waals surface area contributed by atoms with Gasteiger partial charge in [0.05, 0.1) is 28.9 Å². The van der Waals surface area contributed by atoms with Crippen molar-refractivity contribution in [3.8, 4) is 11.3 Å². The van der Waals surface area contributed by atoms with Gasteiger partial charge in [-0.3, -0.25) is 4.79 Å². The second-order valence-electron chi connectivity index (χ2n) is 11.8. The van der Waals surface area contributed by atoms with E-state index in [1.54, 1.807) is 19.2 Å². The van der Waals surface area contributed by atoms with Gasteiger partial charge in [0.1, 0.15) is 16.9 Å². The molecule has 0 atom stereocenters. The summed E-state index contributed by atoms with van der Waals surface area (Å²) in [5.41, 5.74) is 3.01. The van der Waals surface area contributed by atoms with E-state index in [2.05, 4.69) is 15.3 Å². The number of anilines is 1. The van der Waals surface area contributed by atoms with Gasteiger partial charge in [-0.15, -0.1) is 0 Å². The quantitative estimate of drug-likeness (QED) is 0.304. The number of halogens is 1. The van der Waals surface area contributed by atoms with Crippen molar-refractivity contribution in [2.24, 2.45) is 5.92 Å². The first-order chi connectivity index (χ1) is 18.8. The Morgan fingerprint density at radius 2 is 1.85 bits per heavy atom. The average molecular weight is 571 g/mol. The fourth-order valence-electron chi connectivity index (χ4n) is 5.16. The molecule has 0 bridgehead atoms. The van der Waals surface area contributed by atoms with Crippen LogP contribution < -0.4 is 5.32 Å². The predicted octanol–water partition coefficient (Wildman–Crippen LogP) is 6.17.